The van der Waals surface area contributed by atoms with Gasteiger partial charge in [-0.1, -0.05) is 6.07 Å². The van der Waals surface area contributed by atoms with Gasteiger partial charge in [-0.25, -0.2) is 4.79 Å². The van der Waals surface area contributed by atoms with E-state index in [1.165, 1.54) is 18.2 Å². The first-order valence-corrected chi connectivity index (χ1v) is 5.40. The lowest BCUT2D eigenvalue weighted by Gasteiger charge is -2.06. The number of nitrogens with one attached hydrogen (secondary N) is 2. The zero-order valence-corrected chi connectivity index (χ0v) is 10.3. The minimum absolute atomic E-state index is 0.0822. The number of aromatic amines is 1. The number of carbonyl (C=O) groups is 1. The van der Waals surface area contributed by atoms with E-state index in [-0.39, 0.29) is 17.1 Å². The van der Waals surface area contributed by atoms with Crippen molar-refractivity contribution in [1.29, 1.82) is 10.5 Å². The van der Waals surface area contributed by atoms with Gasteiger partial charge in [-0.05, 0) is 17.3 Å². The van der Waals surface area contributed by atoms with Gasteiger partial charge in [0.2, 0.25) is 11.5 Å². The van der Waals surface area contributed by atoms with Crippen LogP contribution in [0.2, 0.25) is 0 Å². The molecule has 10 heteroatoms. The van der Waals surface area contributed by atoms with Crippen LogP contribution in [0.1, 0.15) is 10.4 Å². The summed E-state index contributed by atoms with van der Waals surface area (Å²) >= 11 is 0. The number of H-pyrrole nitrogens is 1. The maximum absolute atomic E-state index is 11.1. The molecular weight excluding hydrogens is 276 g/mol. The van der Waals surface area contributed by atoms with E-state index < -0.39 is 11.7 Å². The Morgan fingerprint density at radius 1 is 1.38 bits per heavy atom. The third kappa shape index (κ3) is 2.97. The van der Waals surface area contributed by atoms with E-state index in [9.17, 15) is 4.79 Å². The Balaban J connectivity index is 2.44. The highest BCUT2D eigenvalue weighted by atomic mass is 16.4. The standard InChI is InChI=1S/C11H6N8O2/c12-4-7(5-13)14-15-9-3-6(10-16-18-19-17-10)1-2-8(9)11(20)21/h1-3,15H,(H,20,21)(H,16,17,18,19). The number of hydrogen-bond acceptors (Lipinski definition) is 8. The van der Waals surface area contributed by atoms with Crippen LogP contribution in [0.25, 0.3) is 11.4 Å². The Bertz CT molecular complexity index is 766. The molecule has 21 heavy (non-hydrogen) atoms. The van der Waals surface area contributed by atoms with Crippen molar-refractivity contribution < 1.29 is 9.90 Å². The van der Waals surface area contributed by atoms with Gasteiger partial charge in [-0.2, -0.15) is 20.8 Å². The highest BCUT2D eigenvalue weighted by molar-refractivity contribution is 6.10. The monoisotopic (exact) mass is 282 g/mol. The molecule has 0 aliphatic rings. The molecule has 0 unspecified atom stereocenters. The molecule has 2 aromatic rings. The predicted molar refractivity (Wildman–Crippen MR) is 68.9 cm³/mol. The quantitative estimate of drug-likeness (QED) is 0.534. The van der Waals surface area contributed by atoms with Gasteiger partial charge in [0.15, 0.2) is 0 Å². The van der Waals surface area contributed by atoms with Crippen LogP contribution in [0.3, 0.4) is 0 Å². The number of tetrazole rings is 1. The molecule has 1 heterocycles. The Kier molecular flexibility index (Phi) is 3.83. The highest BCUT2D eigenvalue weighted by Gasteiger charge is 2.13. The molecule has 0 amide bonds. The number of nitriles is 2. The lowest BCUT2D eigenvalue weighted by molar-refractivity contribution is 0.0698. The molecule has 102 valence electrons. The molecule has 3 N–H and O–H groups in total. The van der Waals surface area contributed by atoms with Crippen molar-refractivity contribution in [3.63, 3.8) is 0 Å². The largest absolute Gasteiger partial charge is 0.478 e. The van der Waals surface area contributed by atoms with Gasteiger partial charge in [-0.15, -0.1) is 10.2 Å². The van der Waals surface area contributed by atoms with Crippen molar-refractivity contribution in [3.05, 3.63) is 23.8 Å². The maximum Gasteiger partial charge on any atom is 0.337 e. The van der Waals surface area contributed by atoms with Gasteiger partial charge in [0, 0.05) is 5.56 Å². The molecule has 2 rings (SSSR count). The number of aromatic carboxylic acids is 1. The molecule has 0 radical (unpaired) electrons. The fraction of sp³-hybridized carbons (Fsp3) is 0. The molecule has 0 bridgehead atoms. The Morgan fingerprint density at radius 2 is 2.14 bits per heavy atom. The second-order valence-electron chi connectivity index (χ2n) is 3.60. The molecular formula is C11H6N8O2. The van der Waals surface area contributed by atoms with Crippen molar-refractivity contribution in [2.75, 3.05) is 5.43 Å². The summed E-state index contributed by atoms with van der Waals surface area (Å²) in [6, 6.07) is 7.35. The van der Waals surface area contributed by atoms with E-state index in [1.54, 1.807) is 12.1 Å². The molecule has 0 aliphatic carbocycles. The van der Waals surface area contributed by atoms with Gasteiger partial charge >= 0.3 is 5.97 Å². The van der Waals surface area contributed by atoms with Gasteiger partial charge in [0.25, 0.3) is 0 Å². The van der Waals surface area contributed by atoms with Crippen molar-refractivity contribution in [2.45, 2.75) is 0 Å². The average molecular weight is 282 g/mol. The van der Waals surface area contributed by atoms with Crippen LogP contribution in [0, 0.1) is 22.7 Å². The van der Waals surface area contributed by atoms with Crippen LogP contribution in [-0.2, 0) is 0 Å². The van der Waals surface area contributed by atoms with E-state index in [1.807, 2.05) is 0 Å². The first-order chi connectivity index (χ1) is 10.2. The molecule has 0 saturated heterocycles. The van der Waals surface area contributed by atoms with Crippen molar-refractivity contribution in [2.24, 2.45) is 5.10 Å². The summed E-state index contributed by atoms with van der Waals surface area (Å²) in [6.07, 6.45) is 0. The predicted octanol–water partition coefficient (Wildman–Crippen LogP) is 0.380. The zero-order valence-electron chi connectivity index (χ0n) is 10.3. The van der Waals surface area contributed by atoms with E-state index >= 15 is 0 Å². The van der Waals surface area contributed by atoms with Gasteiger partial charge in [0.05, 0.1) is 11.3 Å². The van der Waals surface area contributed by atoms with E-state index in [0.29, 0.717) is 5.56 Å². The van der Waals surface area contributed by atoms with Crippen molar-refractivity contribution >= 4 is 17.4 Å². The van der Waals surface area contributed by atoms with E-state index in [0.717, 1.165) is 0 Å². The summed E-state index contributed by atoms with van der Waals surface area (Å²) < 4.78 is 0. The number of carboxylic acid groups (broad SMARTS) is 1. The minimum Gasteiger partial charge on any atom is -0.478 e. The molecule has 0 aliphatic heterocycles. The molecule has 0 fully saturated rings. The summed E-state index contributed by atoms with van der Waals surface area (Å²) in [4.78, 5) is 11.1. The van der Waals surface area contributed by atoms with Gasteiger partial charge in [-0.3, -0.25) is 5.43 Å². The summed E-state index contributed by atoms with van der Waals surface area (Å²) in [7, 11) is 0. The van der Waals surface area contributed by atoms with Crippen LogP contribution in [0.5, 0.6) is 0 Å². The second-order valence-corrected chi connectivity index (χ2v) is 3.60. The average Bonchev–Trinajstić information content (AvgIpc) is 3.02. The second kappa shape index (κ2) is 5.90. The number of carboxylic acids is 1. The van der Waals surface area contributed by atoms with Crippen LogP contribution >= 0.6 is 0 Å². The smallest absolute Gasteiger partial charge is 0.337 e. The maximum atomic E-state index is 11.1. The first kappa shape index (κ1) is 13.6. The van der Waals surface area contributed by atoms with Crippen LogP contribution in [0.15, 0.2) is 23.3 Å². The van der Waals surface area contributed by atoms with Crippen LogP contribution in [-0.4, -0.2) is 37.4 Å². The minimum atomic E-state index is -1.19. The van der Waals surface area contributed by atoms with Gasteiger partial charge < -0.3 is 5.11 Å². The number of aromatic nitrogens is 4. The molecule has 1 aromatic carbocycles. The van der Waals surface area contributed by atoms with Crippen molar-refractivity contribution in [1.82, 2.24) is 20.6 Å². The molecule has 1 aromatic heterocycles. The fourth-order valence-corrected chi connectivity index (χ4v) is 1.44. The SMILES string of the molecule is N#CC(C#N)=NNc1cc(-c2nn[nH]n2)ccc1C(=O)O. The fourth-order valence-electron chi connectivity index (χ4n) is 1.44. The topological polar surface area (TPSA) is 164 Å². The molecule has 0 saturated carbocycles. The number of rotatable bonds is 4. The number of benzene rings is 1. The highest BCUT2D eigenvalue weighted by Crippen LogP contribution is 2.23. The summed E-state index contributed by atoms with van der Waals surface area (Å²) in [5.41, 5.74) is 2.44. The lowest BCUT2D eigenvalue weighted by Crippen LogP contribution is -2.04. The molecule has 0 spiro atoms. The number of hydrazone groups is 1. The zero-order chi connectivity index (χ0) is 15.2. The Hall–Kier alpha value is -3.79. The normalized spacial score (nSPS) is 9.24. The number of hydrogen-bond donors (Lipinski definition) is 3. The van der Waals surface area contributed by atoms with Gasteiger partial charge in [0.1, 0.15) is 12.1 Å². The summed E-state index contributed by atoms with van der Waals surface area (Å²) in [6.45, 7) is 0. The third-order valence-electron chi connectivity index (χ3n) is 2.35. The number of nitrogens with zero attached hydrogens (tertiary/aromatic N) is 6. The summed E-state index contributed by atoms with van der Waals surface area (Å²) in [5.74, 6) is -0.928. The van der Waals surface area contributed by atoms with Crippen LogP contribution in [0.4, 0.5) is 5.69 Å². The number of anilines is 1. The van der Waals surface area contributed by atoms with E-state index in [4.69, 9.17) is 15.6 Å². The van der Waals surface area contributed by atoms with E-state index in [2.05, 4.69) is 31.2 Å². The van der Waals surface area contributed by atoms with Crippen molar-refractivity contribution in [3.8, 4) is 23.5 Å². The first-order valence-electron chi connectivity index (χ1n) is 5.40. The lowest BCUT2D eigenvalue weighted by atomic mass is 10.1. The Morgan fingerprint density at radius 3 is 2.71 bits per heavy atom. The molecule has 0 atom stereocenters. The summed E-state index contributed by atoms with van der Waals surface area (Å²) in [5, 5.41) is 43.0. The van der Waals surface area contributed by atoms with Crippen LogP contribution < -0.4 is 5.43 Å². The molecule has 10 nitrogen and oxygen atoms in total. The third-order valence-corrected chi connectivity index (χ3v) is 2.35. The Labute approximate surface area is 117 Å².